The second-order valence-electron chi connectivity index (χ2n) is 4.84. The molecule has 0 unspecified atom stereocenters. The van der Waals surface area contributed by atoms with Gasteiger partial charge in [0.25, 0.3) is 0 Å². The highest BCUT2D eigenvalue weighted by Gasteiger charge is 2.09. The van der Waals surface area contributed by atoms with Gasteiger partial charge in [0.1, 0.15) is 11.5 Å². The molecule has 0 aliphatic heterocycles. The zero-order chi connectivity index (χ0) is 14.7. The van der Waals surface area contributed by atoms with Gasteiger partial charge in [0.15, 0.2) is 0 Å². The van der Waals surface area contributed by atoms with Crippen LogP contribution in [0.25, 0.3) is 10.8 Å². The number of fused-ring (bicyclic) bond motifs is 1. The van der Waals surface area contributed by atoms with E-state index in [1.807, 2.05) is 43.4 Å². The van der Waals surface area contributed by atoms with E-state index in [1.165, 1.54) is 5.39 Å². The lowest BCUT2D eigenvalue weighted by molar-refractivity contribution is 0.472. The second-order valence-corrected chi connectivity index (χ2v) is 5.63. The maximum Gasteiger partial charge on any atom is 0.142 e. The molecule has 0 heterocycles. The standard InChI is InChI=1S/C18H16BrNO/c1-20-12-14-7-3-5-9-16(14)21-17-11-10-13-6-2-4-8-15(13)18(17)19/h2-11,20H,12H2,1H3. The summed E-state index contributed by atoms with van der Waals surface area (Å²) < 4.78 is 7.10. The summed E-state index contributed by atoms with van der Waals surface area (Å²) in [5, 5.41) is 5.51. The summed E-state index contributed by atoms with van der Waals surface area (Å²) in [6.07, 6.45) is 0. The van der Waals surface area contributed by atoms with Crippen LogP contribution in [0.15, 0.2) is 65.1 Å². The summed E-state index contributed by atoms with van der Waals surface area (Å²) in [6, 6.07) is 20.4. The lowest BCUT2D eigenvalue weighted by atomic mass is 10.1. The quantitative estimate of drug-likeness (QED) is 0.711. The minimum atomic E-state index is 0.779. The first-order valence-corrected chi connectivity index (χ1v) is 7.66. The van der Waals surface area contributed by atoms with Gasteiger partial charge >= 0.3 is 0 Å². The molecule has 0 atom stereocenters. The molecule has 3 rings (SSSR count). The van der Waals surface area contributed by atoms with Gasteiger partial charge < -0.3 is 10.1 Å². The van der Waals surface area contributed by atoms with E-state index < -0.39 is 0 Å². The first-order chi connectivity index (χ1) is 10.3. The van der Waals surface area contributed by atoms with Crippen molar-refractivity contribution >= 4 is 26.7 Å². The van der Waals surface area contributed by atoms with Crippen molar-refractivity contribution in [2.24, 2.45) is 0 Å². The van der Waals surface area contributed by atoms with Crippen LogP contribution in [0.1, 0.15) is 5.56 Å². The molecule has 0 aromatic heterocycles. The Labute approximate surface area is 132 Å². The highest BCUT2D eigenvalue weighted by molar-refractivity contribution is 9.10. The fourth-order valence-corrected chi connectivity index (χ4v) is 2.92. The molecule has 0 spiro atoms. The van der Waals surface area contributed by atoms with Crippen LogP contribution in [0.4, 0.5) is 0 Å². The van der Waals surface area contributed by atoms with Crippen molar-refractivity contribution in [3.05, 3.63) is 70.7 Å². The van der Waals surface area contributed by atoms with Crippen molar-refractivity contribution in [2.75, 3.05) is 7.05 Å². The fraction of sp³-hybridized carbons (Fsp3) is 0.111. The molecule has 0 saturated heterocycles. The van der Waals surface area contributed by atoms with Gasteiger partial charge in [-0.3, -0.25) is 0 Å². The number of rotatable bonds is 4. The average Bonchev–Trinajstić information content (AvgIpc) is 2.52. The molecule has 0 fully saturated rings. The van der Waals surface area contributed by atoms with Crippen LogP contribution in [0, 0.1) is 0 Å². The lowest BCUT2D eigenvalue weighted by Crippen LogP contribution is -2.06. The monoisotopic (exact) mass is 341 g/mol. The lowest BCUT2D eigenvalue weighted by Gasteiger charge is -2.13. The van der Waals surface area contributed by atoms with E-state index in [0.29, 0.717) is 0 Å². The Morgan fingerprint density at radius 2 is 1.67 bits per heavy atom. The summed E-state index contributed by atoms with van der Waals surface area (Å²) in [6.45, 7) is 0.779. The largest absolute Gasteiger partial charge is 0.456 e. The van der Waals surface area contributed by atoms with Crippen molar-refractivity contribution in [3.8, 4) is 11.5 Å². The van der Waals surface area contributed by atoms with Crippen molar-refractivity contribution in [2.45, 2.75) is 6.54 Å². The first-order valence-electron chi connectivity index (χ1n) is 6.87. The highest BCUT2D eigenvalue weighted by atomic mass is 79.9. The summed E-state index contributed by atoms with van der Waals surface area (Å²) >= 11 is 3.66. The maximum absolute atomic E-state index is 6.11. The van der Waals surface area contributed by atoms with Crippen LogP contribution in [-0.2, 0) is 6.54 Å². The van der Waals surface area contributed by atoms with Gasteiger partial charge in [0, 0.05) is 12.1 Å². The van der Waals surface area contributed by atoms with Gasteiger partial charge in [-0.05, 0) is 45.9 Å². The Morgan fingerprint density at radius 1 is 0.905 bits per heavy atom. The topological polar surface area (TPSA) is 21.3 Å². The summed E-state index contributed by atoms with van der Waals surface area (Å²) in [7, 11) is 1.93. The number of hydrogen-bond acceptors (Lipinski definition) is 2. The third kappa shape index (κ3) is 2.94. The summed E-state index contributed by atoms with van der Waals surface area (Å²) in [5.74, 6) is 1.71. The molecule has 0 bridgehead atoms. The van der Waals surface area contributed by atoms with Crippen LogP contribution < -0.4 is 10.1 Å². The Hall–Kier alpha value is -1.84. The van der Waals surface area contributed by atoms with Crippen LogP contribution in [0.3, 0.4) is 0 Å². The molecule has 0 amide bonds. The predicted octanol–water partition coefficient (Wildman–Crippen LogP) is 5.11. The molecule has 2 nitrogen and oxygen atoms in total. The van der Waals surface area contributed by atoms with Gasteiger partial charge in [-0.1, -0.05) is 48.5 Å². The molecule has 0 aliphatic rings. The summed E-state index contributed by atoms with van der Waals surface area (Å²) in [5.41, 5.74) is 1.14. The number of nitrogens with one attached hydrogen (secondary N) is 1. The molecule has 3 aromatic carbocycles. The zero-order valence-corrected chi connectivity index (χ0v) is 13.4. The normalized spacial score (nSPS) is 10.8. The Kier molecular flexibility index (Phi) is 4.23. The molecule has 3 aromatic rings. The third-order valence-corrected chi connectivity index (χ3v) is 4.21. The molecular formula is C18H16BrNO. The van der Waals surface area contributed by atoms with Crippen molar-refractivity contribution in [1.82, 2.24) is 5.32 Å². The highest BCUT2D eigenvalue weighted by Crippen LogP contribution is 2.36. The number of hydrogen-bond donors (Lipinski definition) is 1. The second kappa shape index (κ2) is 6.29. The molecule has 0 radical (unpaired) electrons. The molecule has 0 aliphatic carbocycles. The number of benzene rings is 3. The fourth-order valence-electron chi connectivity index (χ4n) is 2.35. The van der Waals surface area contributed by atoms with E-state index in [0.717, 1.165) is 33.5 Å². The van der Waals surface area contributed by atoms with Crippen LogP contribution in [0.2, 0.25) is 0 Å². The third-order valence-electron chi connectivity index (χ3n) is 3.39. The first kappa shape index (κ1) is 14.1. The SMILES string of the molecule is CNCc1ccccc1Oc1ccc2ccccc2c1Br. The Balaban J connectivity index is 2.00. The van der Waals surface area contributed by atoms with Gasteiger partial charge in [-0.25, -0.2) is 0 Å². The van der Waals surface area contributed by atoms with Gasteiger partial charge in [-0.15, -0.1) is 0 Å². The predicted molar refractivity (Wildman–Crippen MR) is 90.9 cm³/mol. The minimum absolute atomic E-state index is 0.779. The number of para-hydroxylation sites is 1. The smallest absolute Gasteiger partial charge is 0.142 e. The van der Waals surface area contributed by atoms with Crippen molar-refractivity contribution in [1.29, 1.82) is 0 Å². The van der Waals surface area contributed by atoms with Crippen LogP contribution in [0.5, 0.6) is 11.5 Å². The van der Waals surface area contributed by atoms with Crippen LogP contribution >= 0.6 is 15.9 Å². The van der Waals surface area contributed by atoms with Crippen molar-refractivity contribution in [3.63, 3.8) is 0 Å². The average molecular weight is 342 g/mol. The molecular weight excluding hydrogens is 326 g/mol. The van der Waals surface area contributed by atoms with E-state index >= 15 is 0 Å². The maximum atomic E-state index is 6.11. The van der Waals surface area contributed by atoms with Crippen molar-refractivity contribution < 1.29 is 4.74 Å². The molecule has 3 heteroatoms. The van der Waals surface area contributed by atoms with E-state index in [9.17, 15) is 0 Å². The Bertz CT molecular complexity index is 770. The molecule has 0 saturated carbocycles. The van der Waals surface area contributed by atoms with Gasteiger partial charge in [-0.2, -0.15) is 0 Å². The van der Waals surface area contributed by atoms with E-state index in [-0.39, 0.29) is 0 Å². The van der Waals surface area contributed by atoms with E-state index in [2.05, 4.69) is 45.5 Å². The minimum Gasteiger partial charge on any atom is -0.456 e. The molecule has 106 valence electrons. The van der Waals surface area contributed by atoms with E-state index in [4.69, 9.17) is 4.74 Å². The Morgan fingerprint density at radius 3 is 2.52 bits per heavy atom. The molecule has 21 heavy (non-hydrogen) atoms. The van der Waals surface area contributed by atoms with Gasteiger partial charge in [0.05, 0.1) is 4.47 Å². The van der Waals surface area contributed by atoms with Gasteiger partial charge in [0.2, 0.25) is 0 Å². The zero-order valence-electron chi connectivity index (χ0n) is 11.8. The number of halogens is 1. The number of ether oxygens (including phenoxy) is 1. The van der Waals surface area contributed by atoms with E-state index in [1.54, 1.807) is 0 Å². The molecule has 1 N–H and O–H groups in total. The summed E-state index contributed by atoms with van der Waals surface area (Å²) in [4.78, 5) is 0. The van der Waals surface area contributed by atoms with Crippen LogP contribution in [-0.4, -0.2) is 7.05 Å².